The number of carbonyl (C=O) groups excluding carboxylic acids is 1. The van der Waals surface area contributed by atoms with Crippen LogP contribution in [0.4, 0.5) is 0 Å². The highest BCUT2D eigenvalue weighted by molar-refractivity contribution is 5.72. The summed E-state index contributed by atoms with van der Waals surface area (Å²) in [7, 11) is 0. The summed E-state index contributed by atoms with van der Waals surface area (Å²) in [4.78, 5) is 11.4. The van der Waals surface area contributed by atoms with Gasteiger partial charge in [0.1, 0.15) is 6.20 Å². The Bertz CT molecular complexity index is 405. The second-order valence-electron chi connectivity index (χ2n) is 6.56. The summed E-state index contributed by atoms with van der Waals surface area (Å²) in [6.45, 7) is 9.06. The molecule has 0 aromatic heterocycles. The highest BCUT2D eigenvalue weighted by atomic mass is 16.1. The van der Waals surface area contributed by atoms with Crippen LogP contribution in [0.3, 0.4) is 0 Å². The maximum Gasteiger partial charge on any atom is 0.221 e. The molecular formula is C19H36N3O+. The minimum absolute atomic E-state index is 0.0441. The molecule has 3 atom stereocenters. The number of nitrogens with one attached hydrogen (secondary N) is 2. The van der Waals surface area contributed by atoms with Crippen LogP contribution in [0.5, 0.6) is 0 Å². The van der Waals surface area contributed by atoms with Crippen molar-refractivity contribution in [3.8, 4) is 0 Å². The van der Waals surface area contributed by atoms with E-state index in [1.807, 2.05) is 0 Å². The van der Waals surface area contributed by atoms with Crippen molar-refractivity contribution >= 4 is 5.91 Å². The summed E-state index contributed by atoms with van der Waals surface area (Å²) < 4.78 is 0.804. The van der Waals surface area contributed by atoms with Gasteiger partial charge in [0.15, 0.2) is 12.3 Å². The molecule has 0 aromatic carbocycles. The monoisotopic (exact) mass is 322 g/mol. The van der Waals surface area contributed by atoms with Gasteiger partial charge in [0.25, 0.3) is 0 Å². The number of quaternary nitrogens is 1. The van der Waals surface area contributed by atoms with E-state index >= 15 is 0 Å². The number of amides is 1. The van der Waals surface area contributed by atoms with Crippen LogP contribution < -0.4 is 10.6 Å². The van der Waals surface area contributed by atoms with Crippen molar-refractivity contribution in [2.45, 2.75) is 85.0 Å². The average Bonchev–Trinajstić information content (AvgIpc) is 2.93. The molecule has 0 radical (unpaired) electrons. The summed E-state index contributed by atoms with van der Waals surface area (Å²) in [5.41, 5.74) is 0. The van der Waals surface area contributed by atoms with Crippen LogP contribution >= 0.6 is 0 Å². The number of nitrogens with zero attached hydrogens (tertiary/aromatic N) is 1. The quantitative estimate of drug-likeness (QED) is 0.343. The van der Waals surface area contributed by atoms with Gasteiger partial charge in [-0.2, -0.15) is 0 Å². The largest absolute Gasteiger partial charge is 0.338 e. The van der Waals surface area contributed by atoms with E-state index in [9.17, 15) is 4.79 Å². The third kappa shape index (κ3) is 6.02. The van der Waals surface area contributed by atoms with E-state index in [-0.39, 0.29) is 12.1 Å². The molecule has 0 fully saturated rings. The predicted octanol–water partition coefficient (Wildman–Crippen LogP) is 4.01. The van der Waals surface area contributed by atoms with Crippen molar-refractivity contribution in [2.24, 2.45) is 0 Å². The maximum absolute atomic E-state index is 11.4. The second kappa shape index (κ2) is 10.5. The lowest BCUT2D eigenvalue weighted by atomic mass is 10.1. The molecular weight excluding hydrogens is 286 g/mol. The molecule has 4 nitrogen and oxygen atoms in total. The number of allylic oxidation sites excluding steroid dienone is 2. The highest BCUT2D eigenvalue weighted by Gasteiger charge is 2.41. The van der Waals surface area contributed by atoms with Gasteiger partial charge >= 0.3 is 0 Å². The zero-order chi connectivity index (χ0) is 17.1. The van der Waals surface area contributed by atoms with E-state index in [0.717, 1.165) is 23.9 Å². The molecule has 1 rings (SSSR count). The minimum Gasteiger partial charge on any atom is -0.338 e. The van der Waals surface area contributed by atoms with Crippen LogP contribution in [0.2, 0.25) is 0 Å². The fraction of sp³-hybridized carbons (Fsp3) is 0.737. The summed E-state index contributed by atoms with van der Waals surface area (Å²) in [6.07, 6.45) is 17.9. The van der Waals surface area contributed by atoms with Gasteiger partial charge in [-0.1, -0.05) is 31.9 Å². The fourth-order valence-corrected chi connectivity index (χ4v) is 3.51. The van der Waals surface area contributed by atoms with Gasteiger partial charge in [-0.25, -0.2) is 0 Å². The van der Waals surface area contributed by atoms with Gasteiger partial charge in [-0.15, -0.1) is 0 Å². The normalized spacial score (nSPS) is 24.8. The third-order valence-electron chi connectivity index (χ3n) is 4.90. The number of carbonyl (C=O) groups is 1. The van der Waals surface area contributed by atoms with E-state index < -0.39 is 0 Å². The van der Waals surface area contributed by atoms with Crippen LogP contribution in [0, 0.1) is 0 Å². The van der Waals surface area contributed by atoms with Crippen LogP contribution in [-0.4, -0.2) is 29.3 Å². The van der Waals surface area contributed by atoms with Crippen molar-refractivity contribution in [2.75, 3.05) is 6.54 Å². The average molecular weight is 323 g/mol. The molecule has 1 amide bonds. The van der Waals surface area contributed by atoms with Crippen LogP contribution in [0.15, 0.2) is 24.6 Å². The van der Waals surface area contributed by atoms with E-state index in [1.165, 1.54) is 32.1 Å². The Morgan fingerprint density at radius 1 is 1.26 bits per heavy atom. The van der Waals surface area contributed by atoms with Gasteiger partial charge < -0.3 is 10.6 Å². The SMILES string of the molecule is CC/C=C/CCCCCCC1NC=C[N+]1(CC)C(C)NC(C)=O. The first-order valence-electron chi connectivity index (χ1n) is 9.29. The van der Waals surface area contributed by atoms with Gasteiger partial charge in [0, 0.05) is 20.3 Å². The first-order valence-corrected chi connectivity index (χ1v) is 9.29. The minimum atomic E-state index is 0.0441. The first kappa shape index (κ1) is 19.8. The summed E-state index contributed by atoms with van der Waals surface area (Å²) >= 11 is 0. The van der Waals surface area contributed by atoms with Crippen molar-refractivity contribution in [1.82, 2.24) is 10.6 Å². The van der Waals surface area contributed by atoms with E-state index in [0.29, 0.717) is 6.17 Å². The molecule has 0 aliphatic carbocycles. The van der Waals surface area contributed by atoms with E-state index in [2.05, 4.69) is 56.0 Å². The lowest BCUT2D eigenvalue weighted by Crippen LogP contribution is -2.62. The van der Waals surface area contributed by atoms with Crippen LogP contribution in [-0.2, 0) is 4.79 Å². The molecule has 0 saturated heterocycles. The van der Waals surface area contributed by atoms with Crippen LogP contribution in [0.1, 0.15) is 72.6 Å². The zero-order valence-electron chi connectivity index (χ0n) is 15.5. The molecule has 132 valence electrons. The predicted molar refractivity (Wildman–Crippen MR) is 97.3 cm³/mol. The zero-order valence-corrected chi connectivity index (χ0v) is 15.5. The standard InChI is InChI=1S/C19H35N3O/c1-5-7-8-9-10-11-12-13-14-19-20-15-16-22(19,6-2)17(3)21-18(4)23/h7-8,15-17,19-20H,5-6,9-14H2,1-4H3/p+1/b8-7+. The van der Waals surface area contributed by atoms with Crippen molar-refractivity contribution in [1.29, 1.82) is 0 Å². The molecule has 4 heteroatoms. The Hall–Kier alpha value is -1.29. The molecule has 2 N–H and O–H groups in total. The molecule has 1 aliphatic rings. The van der Waals surface area contributed by atoms with Gasteiger partial charge in [-0.05, 0) is 32.6 Å². The summed E-state index contributed by atoms with van der Waals surface area (Å²) in [5, 5.41) is 6.57. The molecule has 0 spiro atoms. The van der Waals surface area contributed by atoms with Crippen molar-refractivity contribution in [3.05, 3.63) is 24.6 Å². The number of rotatable bonds is 11. The van der Waals surface area contributed by atoms with E-state index in [1.54, 1.807) is 6.92 Å². The second-order valence-corrected chi connectivity index (χ2v) is 6.56. The first-order chi connectivity index (χ1) is 11.1. The maximum atomic E-state index is 11.4. The highest BCUT2D eigenvalue weighted by Crippen LogP contribution is 2.26. The Morgan fingerprint density at radius 3 is 2.65 bits per heavy atom. The van der Waals surface area contributed by atoms with Gasteiger partial charge in [0.2, 0.25) is 5.91 Å². The molecule has 0 aromatic rings. The molecule has 1 aliphatic heterocycles. The lowest BCUT2D eigenvalue weighted by Gasteiger charge is -2.41. The molecule has 1 heterocycles. The topological polar surface area (TPSA) is 41.1 Å². The Kier molecular flexibility index (Phi) is 9.00. The lowest BCUT2D eigenvalue weighted by molar-refractivity contribution is -0.923. The molecule has 23 heavy (non-hydrogen) atoms. The summed E-state index contributed by atoms with van der Waals surface area (Å²) in [5.74, 6) is 0.0441. The number of hydrogen-bond donors (Lipinski definition) is 2. The van der Waals surface area contributed by atoms with Crippen molar-refractivity contribution in [3.63, 3.8) is 0 Å². The van der Waals surface area contributed by atoms with Crippen molar-refractivity contribution < 1.29 is 9.28 Å². The number of unbranched alkanes of at least 4 members (excludes halogenated alkanes) is 4. The number of hydrogen-bond acceptors (Lipinski definition) is 2. The Balaban J connectivity index is 2.37. The molecule has 0 saturated carbocycles. The molecule has 0 bridgehead atoms. The van der Waals surface area contributed by atoms with Crippen LogP contribution in [0.25, 0.3) is 0 Å². The smallest absolute Gasteiger partial charge is 0.221 e. The van der Waals surface area contributed by atoms with Gasteiger partial charge in [-0.3, -0.25) is 9.28 Å². The Labute approximate surface area is 142 Å². The van der Waals surface area contributed by atoms with E-state index in [4.69, 9.17) is 0 Å². The fourth-order valence-electron chi connectivity index (χ4n) is 3.51. The third-order valence-corrected chi connectivity index (χ3v) is 4.90. The Morgan fingerprint density at radius 2 is 2.00 bits per heavy atom. The molecule has 3 unspecified atom stereocenters. The van der Waals surface area contributed by atoms with Gasteiger partial charge in [0.05, 0.1) is 12.7 Å². The summed E-state index contributed by atoms with van der Waals surface area (Å²) in [6, 6.07) is 0.